The van der Waals surface area contributed by atoms with E-state index in [1.807, 2.05) is 42.3 Å². The minimum Gasteiger partial charge on any atom is -0.440 e. The number of carbonyl (C=O) groups excluding carboxylic acids is 1. The predicted molar refractivity (Wildman–Crippen MR) is 119 cm³/mol. The van der Waals surface area contributed by atoms with E-state index >= 15 is 0 Å². The topological polar surface area (TPSA) is 59.2 Å². The highest BCUT2D eigenvalue weighted by Gasteiger charge is 2.55. The largest absolute Gasteiger partial charge is 0.440 e. The number of thioether (sulfide) groups is 1. The lowest BCUT2D eigenvalue weighted by atomic mass is 9.49. The summed E-state index contributed by atoms with van der Waals surface area (Å²) in [4.78, 5) is 23.8. The van der Waals surface area contributed by atoms with Crippen molar-refractivity contribution in [2.24, 2.45) is 5.41 Å². The maximum Gasteiger partial charge on any atom is 0.253 e. The van der Waals surface area contributed by atoms with E-state index in [1.54, 1.807) is 18.0 Å². The first-order valence-corrected chi connectivity index (χ1v) is 11.7. The van der Waals surface area contributed by atoms with Crippen molar-refractivity contribution in [3.8, 4) is 0 Å². The maximum atomic E-state index is 12.9. The molecular formula is C23H24ClN3O2S. The Morgan fingerprint density at radius 3 is 2.83 bits per heavy atom. The molecule has 7 heteroatoms. The summed E-state index contributed by atoms with van der Waals surface area (Å²) in [6.07, 6.45) is 6.00. The Labute approximate surface area is 185 Å². The second-order valence-electron chi connectivity index (χ2n) is 8.56. The summed E-state index contributed by atoms with van der Waals surface area (Å²) in [5.41, 5.74) is 2.68. The van der Waals surface area contributed by atoms with E-state index in [0.717, 1.165) is 59.0 Å². The van der Waals surface area contributed by atoms with Crippen molar-refractivity contribution in [1.29, 1.82) is 0 Å². The van der Waals surface area contributed by atoms with Gasteiger partial charge in [-0.05, 0) is 67.2 Å². The number of hydrogen-bond donors (Lipinski definition) is 0. The number of aromatic nitrogens is 2. The molecule has 3 aromatic rings. The van der Waals surface area contributed by atoms with E-state index in [9.17, 15) is 4.79 Å². The molecule has 0 bridgehead atoms. The number of nitrogens with zero attached hydrogens (tertiary/aromatic N) is 3. The molecule has 156 valence electrons. The van der Waals surface area contributed by atoms with Crippen molar-refractivity contribution in [2.75, 3.05) is 12.8 Å². The normalized spacial score (nSPS) is 25.2. The van der Waals surface area contributed by atoms with Crippen molar-refractivity contribution in [2.45, 2.75) is 49.6 Å². The van der Waals surface area contributed by atoms with Gasteiger partial charge in [0.25, 0.3) is 5.91 Å². The van der Waals surface area contributed by atoms with Crippen molar-refractivity contribution in [1.82, 2.24) is 14.9 Å². The average molecular weight is 442 g/mol. The Bertz CT molecular complexity index is 1100. The van der Waals surface area contributed by atoms with E-state index in [0.29, 0.717) is 22.4 Å². The second-order valence-corrected chi connectivity index (χ2v) is 10.3. The molecule has 2 aliphatic carbocycles. The van der Waals surface area contributed by atoms with E-state index in [1.165, 1.54) is 0 Å². The fraction of sp³-hybridized carbons (Fsp3) is 0.435. The first-order valence-electron chi connectivity index (χ1n) is 10.4. The fourth-order valence-electron chi connectivity index (χ4n) is 4.94. The summed E-state index contributed by atoms with van der Waals surface area (Å²) >= 11 is 7.71. The summed E-state index contributed by atoms with van der Waals surface area (Å²) in [6, 6.07) is 9.58. The Hall–Kier alpha value is -2.05. The summed E-state index contributed by atoms with van der Waals surface area (Å²) in [6.45, 7) is 2.09. The Balaban J connectivity index is 1.19. The Morgan fingerprint density at radius 2 is 2.07 bits per heavy atom. The standard InChI is InChI=1S/C23H24ClN3O2S/c1-3-30-20-8-14(6-7-25-20)22(28)27(2)17-12-23(13-17)10-15(11-23)21-26-18-9-16(24)4-5-19(18)29-21/h4-9,15,17H,3,10-13H2,1-2H3. The molecule has 0 N–H and O–H groups in total. The molecule has 5 nitrogen and oxygen atoms in total. The molecule has 30 heavy (non-hydrogen) atoms. The van der Waals surface area contributed by atoms with Gasteiger partial charge in [0.2, 0.25) is 0 Å². The highest BCUT2D eigenvalue weighted by molar-refractivity contribution is 7.99. The highest BCUT2D eigenvalue weighted by Crippen LogP contribution is 2.62. The van der Waals surface area contributed by atoms with Gasteiger partial charge in [0.1, 0.15) is 5.52 Å². The van der Waals surface area contributed by atoms with Crippen LogP contribution in [0.2, 0.25) is 5.02 Å². The zero-order valence-corrected chi connectivity index (χ0v) is 18.7. The predicted octanol–water partition coefficient (Wildman–Crippen LogP) is 5.79. The number of rotatable bonds is 5. The molecule has 0 unspecified atom stereocenters. The van der Waals surface area contributed by atoms with Crippen molar-refractivity contribution in [3.05, 3.63) is 53.0 Å². The minimum atomic E-state index is 0.0851. The third-order valence-electron chi connectivity index (χ3n) is 6.55. The van der Waals surface area contributed by atoms with Gasteiger partial charge < -0.3 is 9.32 Å². The monoisotopic (exact) mass is 441 g/mol. The van der Waals surface area contributed by atoms with E-state index in [4.69, 9.17) is 16.0 Å². The molecule has 2 aliphatic rings. The number of pyridine rings is 1. The Kier molecular flexibility index (Phi) is 5.02. The third-order valence-corrected chi connectivity index (χ3v) is 7.60. The van der Waals surface area contributed by atoms with Crippen LogP contribution in [0.15, 0.2) is 46.0 Å². The van der Waals surface area contributed by atoms with Gasteiger partial charge in [0, 0.05) is 35.8 Å². The van der Waals surface area contributed by atoms with Gasteiger partial charge in [0.05, 0.1) is 5.03 Å². The summed E-state index contributed by atoms with van der Waals surface area (Å²) in [5.74, 6) is 2.22. The zero-order valence-electron chi connectivity index (χ0n) is 17.1. The van der Waals surface area contributed by atoms with Gasteiger partial charge in [-0.25, -0.2) is 9.97 Å². The van der Waals surface area contributed by atoms with Gasteiger partial charge in [0.15, 0.2) is 11.5 Å². The molecule has 2 saturated carbocycles. The van der Waals surface area contributed by atoms with Crippen molar-refractivity contribution in [3.63, 3.8) is 0 Å². The number of benzene rings is 1. The van der Waals surface area contributed by atoms with Gasteiger partial charge in [-0.15, -0.1) is 11.8 Å². The van der Waals surface area contributed by atoms with Crippen LogP contribution in [0.1, 0.15) is 54.8 Å². The van der Waals surface area contributed by atoms with Crippen LogP contribution in [-0.2, 0) is 0 Å². The quantitative estimate of drug-likeness (QED) is 0.469. The number of halogens is 1. The molecule has 0 atom stereocenters. The zero-order chi connectivity index (χ0) is 20.9. The summed E-state index contributed by atoms with van der Waals surface area (Å²) < 4.78 is 5.95. The summed E-state index contributed by atoms with van der Waals surface area (Å²) in [7, 11) is 1.92. The first-order chi connectivity index (χ1) is 14.5. The number of oxazole rings is 1. The lowest BCUT2D eigenvalue weighted by molar-refractivity contribution is -0.0572. The van der Waals surface area contributed by atoms with Gasteiger partial charge in [-0.2, -0.15) is 0 Å². The molecule has 1 amide bonds. The molecule has 1 aromatic carbocycles. The van der Waals surface area contributed by atoms with Gasteiger partial charge >= 0.3 is 0 Å². The number of fused-ring (bicyclic) bond motifs is 1. The SMILES string of the molecule is CCSc1cc(C(=O)N(C)C2CC3(CC(c4nc5cc(Cl)ccc5o4)C3)C2)ccn1. The van der Waals surface area contributed by atoms with Crippen LogP contribution in [-0.4, -0.2) is 39.6 Å². The third kappa shape index (κ3) is 3.50. The van der Waals surface area contributed by atoms with Gasteiger partial charge in [-0.1, -0.05) is 18.5 Å². The van der Waals surface area contributed by atoms with Crippen molar-refractivity contribution >= 4 is 40.4 Å². The maximum absolute atomic E-state index is 12.9. The number of hydrogen-bond acceptors (Lipinski definition) is 5. The molecular weight excluding hydrogens is 418 g/mol. The van der Waals surface area contributed by atoms with Crippen LogP contribution in [0.25, 0.3) is 11.1 Å². The summed E-state index contributed by atoms with van der Waals surface area (Å²) in [5, 5.41) is 1.58. The second kappa shape index (κ2) is 7.57. The molecule has 2 fully saturated rings. The molecule has 5 rings (SSSR count). The smallest absolute Gasteiger partial charge is 0.253 e. The average Bonchev–Trinajstić information content (AvgIpc) is 3.08. The molecule has 0 saturated heterocycles. The number of amides is 1. The molecule has 1 spiro atoms. The van der Waals surface area contributed by atoms with Crippen LogP contribution in [0.3, 0.4) is 0 Å². The van der Waals surface area contributed by atoms with Crippen LogP contribution >= 0.6 is 23.4 Å². The molecule has 0 radical (unpaired) electrons. The lowest BCUT2D eigenvalue weighted by Crippen LogP contribution is -2.56. The minimum absolute atomic E-state index is 0.0851. The van der Waals surface area contributed by atoms with E-state index < -0.39 is 0 Å². The molecule has 2 aromatic heterocycles. The Morgan fingerprint density at radius 1 is 1.27 bits per heavy atom. The van der Waals surface area contributed by atoms with E-state index in [2.05, 4.69) is 16.9 Å². The highest BCUT2D eigenvalue weighted by atomic mass is 35.5. The van der Waals surface area contributed by atoms with Crippen LogP contribution in [0, 0.1) is 5.41 Å². The van der Waals surface area contributed by atoms with Gasteiger partial charge in [-0.3, -0.25) is 4.79 Å². The van der Waals surface area contributed by atoms with E-state index in [-0.39, 0.29) is 5.91 Å². The molecule has 0 aliphatic heterocycles. The fourth-order valence-corrected chi connectivity index (χ4v) is 5.75. The number of carbonyl (C=O) groups is 1. The lowest BCUT2D eigenvalue weighted by Gasteiger charge is -2.58. The van der Waals surface area contributed by atoms with Crippen molar-refractivity contribution < 1.29 is 9.21 Å². The van der Waals surface area contributed by atoms with Crippen LogP contribution in [0.4, 0.5) is 0 Å². The van der Waals surface area contributed by atoms with Crippen LogP contribution in [0.5, 0.6) is 0 Å². The molecule has 2 heterocycles. The first kappa shape index (κ1) is 19.9. The van der Waals surface area contributed by atoms with Crippen LogP contribution < -0.4 is 0 Å².